The fraction of sp³-hybridized carbons (Fsp3) is 0.647. The summed E-state index contributed by atoms with van der Waals surface area (Å²) in [6, 6.07) is 4.31. The second-order valence-corrected chi connectivity index (χ2v) is 5.70. The van der Waals surface area contributed by atoms with Gasteiger partial charge in [-0.3, -0.25) is 4.79 Å². The molecule has 0 aromatic carbocycles. The van der Waals surface area contributed by atoms with Crippen molar-refractivity contribution in [2.45, 2.75) is 58.9 Å². The number of carbonyl (C=O) groups is 1. The van der Waals surface area contributed by atoms with E-state index in [0.717, 1.165) is 62.3 Å². The molecule has 1 amide bonds. The molecule has 21 heavy (non-hydrogen) atoms. The van der Waals surface area contributed by atoms with Crippen molar-refractivity contribution in [1.82, 2.24) is 9.88 Å². The molecule has 0 bridgehead atoms. The van der Waals surface area contributed by atoms with Crippen molar-refractivity contribution in [3.8, 4) is 0 Å². The summed E-state index contributed by atoms with van der Waals surface area (Å²) in [4.78, 5) is 19.4. The average Bonchev–Trinajstić information content (AvgIpc) is 3.32. The number of amides is 1. The predicted octanol–water partition coefficient (Wildman–Crippen LogP) is 3.48. The van der Waals surface area contributed by atoms with Crippen LogP contribution in [-0.4, -0.2) is 34.9 Å². The maximum Gasteiger partial charge on any atom is 0.254 e. The molecule has 0 aliphatic heterocycles. The number of anilines is 1. The highest BCUT2D eigenvalue weighted by atomic mass is 16.2. The average molecular weight is 289 g/mol. The molecule has 0 saturated heterocycles. The highest BCUT2D eigenvalue weighted by molar-refractivity contribution is 5.95. The predicted molar refractivity (Wildman–Crippen MR) is 86.7 cm³/mol. The molecule has 1 aliphatic rings. The van der Waals surface area contributed by atoms with E-state index in [1.807, 2.05) is 19.1 Å². The van der Waals surface area contributed by atoms with Crippen molar-refractivity contribution < 1.29 is 4.79 Å². The zero-order chi connectivity index (χ0) is 15.2. The third-order valence-corrected chi connectivity index (χ3v) is 3.85. The van der Waals surface area contributed by atoms with E-state index in [2.05, 4.69) is 29.0 Å². The molecule has 4 nitrogen and oxygen atoms in total. The van der Waals surface area contributed by atoms with Crippen LogP contribution in [0.1, 0.15) is 62.5 Å². The summed E-state index contributed by atoms with van der Waals surface area (Å²) in [7, 11) is 0. The molecular formula is C17H27N3O. The molecule has 1 aliphatic carbocycles. The zero-order valence-electron chi connectivity index (χ0n) is 13.5. The molecule has 1 heterocycles. The van der Waals surface area contributed by atoms with Gasteiger partial charge in [0.1, 0.15) is 5.82 Å². The topological polar surface area (TPSA) is 45.2 Å². The SMILES string of the molecule is CCCCN(C(=O)c1cc(CC)nc(NCC)c1)C1CC1. The van der Waals surface area contributed by atoms with Gasteiger partial charge in [-0.25, -0.2) is 4.98 Å². The minimum absolute atomic E-state index is 0.169. The molecular weight excluding hydrogens is 262 g/mol. The van der Waals surface area contributed by atoms with Gasteiger partial charge in [-0.2, -0.15) is 0 Å². The molecule has 0 spiro atoms. The van der Waals surface area contributed by atoms with E-state index in [0.29, 0.717) is 6.04 Å². The lowest BCUT2D eigenvalue weighted by molar-refractivity contribution is 0.0740. The summed E-state index contributed by atoms with van der Waals surface area (Å²) >= 11 is 0. The van der Waals surface area contributed by atoms with Crippen molar-refractivity contribution in [2.75, 3.05) is 18.4 Å². The first kappa shape index (κ1) is 15.8. The summed E-state index contributed by atoms with van der Waals surface area (Å²) < 4.78 is 0. The number of carbonyl (C=O) groups excluding carboxylic acids is 1. The Kier molecular flexibility index (Phi) is 5.59. The van der Waals surface area contributed by atoms with Gasteiger partial charge in [-0.15, -0.1) is 0 Å². The Morgan fingerprint density at radius 3 is 2.67 bits per heavy atom. The molecule has 4 heteroatoms. The van der Waals surface area contributed by atoms with E-state index >= 15 is 0 Å². The highest BCUT2D eigenvalue weighted by Crippen LogP contribution is 2.29. The van der Waals surface area contributed by atoms with Crippen LogP contribution in [0.3, 0.4) is 0 Å². The molecule has 1 aromatic rings. The summed E-state index contributed by atoms with van der Waals surface area (Å²) in [6.45, 7) is 7.97. The zero-order valence-corrected chi connectivity index (χ0v) is 13.5. The van der Waals surface area contributed by atoms with Gasteiger partial charge in [0, 0.05) is 30.4 Å². The van der Waals surface area contributed by atoms with Crippen molar-refractivity contribution >= 4 is 11.7 Å². The van der Waals surface area contributed by atoms with E-state index < -0.39 is 0 Å². The number of rotatable bonds is 8. The largest absolute Gasteiger partial charge is 0.370 e. The molecule has 116 valence electrons. The van der Waals surface area contributed by atoms with Gasteiger partial charge < -0.3 is 10.2 Å². The van der Waals surface area contributed by atoms with E-state index in [1.54, 1.807) is 0 Å². The lowest BCUT2D eigenvalue weighted by Crippen LogP contribution is -2.34. The standard InChI is InChI=1S/C17H27N3O/c1-4-7-10-20(15-8-9-15)17(21)13-11-14(5-2)19-16(12-13)18-6-3/h11-12,15H,4-10H2,1-3H3,(H,18,19). The maximum absolute atomic E-state index is 12.8. The van der Waals surface area contributed by atoms with Gasteiger partial charge in [-0.1, -0.05) is 20.3 Å². The third-order valence-electron chi connectivity index (χ3n) is 3.85. The van der Waals surface area contributed by atoms with Crippen LogP contribution in [0.5, 0.6) is 0 Å². The van der Waals surface area contributed by atoms with E-state index in [-0.39, 0.29) is 5.91 Å². The Hall–Kier alpha value is -1.58. The second kappa shape index (κ2) is 7.43. The Morgan fingerprint density at radius 1 is 1.33 bits per heavy atom. The van der Waals surface area contributed by atoms with Gasteiger partial charge in [0.25, 0.3) is 5.91 Å². The fourth-order valence-corrected chi connectivity index (χ4v) is 2.49. The van der Waals surface area contributed by atoms with E-state index in [9.17, 15) is 4.79 Å². The van der Waals surface area contributed by atoms with Crippen LogP contribution < -0.4 is 5.32 Å². The monoisotopic (exact) mass is 289 g/mol. The van der Waals surface area contributed by atoms with Crippen LogP contribution in [0.4, 0.5) is 5.82 Å². The third kappa shape index (κ3) is 4.19. The number of hydrogen-bond donors (Lipinski definition) is 1. The van der Waals surface area contributed by atoms with Crippen molar-refractivity contribution in [3.63, 3.8) is 0 Å². The Balaban J connectivity index is 2.21. The van der Waals surface area contributed by atoms with Gasteiger partial charge in [0.2, 0.25) is 0 Å². The minimum atomic E-state index is 0.169. The summed E-state index contributed by atoms with van der Waals surface area (Å²) in [5.74, 6) is 0.980. The van der Waals surface area contributed by atoms with Crippen LogP contribution in [0.2, 0.25) is 0 Å². The van der Waals surface area contributed by atoms with Crippen LogP contribution in [-0.2, 0) is 6.42 Å². The number of nitrogens with one attached hydrogen (secondary N) is 1. The second-order valence-electron chi connectivity index (χ2n) is 5.70. The number of hydrogen-bond acceptors (Lipinski definition) is 3. The first-order chi connectivity index (χ1) is 10.2. The number of unbranched alkanes of at least 4 members (excludes halogenated alkanes) is 1. The normalized spacial score (nSPS) is 14.0. The van der Waals surface area contributed by atoms with Gasteiger partial charge in [-0.05, 0) is 44.7 Å². The molecule has 2 rings (SSSR count). The Labute approximate surface area is 127 Å². The van der Waals surface area contributed by atoms with Crippen LogP contribution in [0, 0.1) is 0 Å². The molecule has 1 N–H and O–H groups in total. The summed E-state index contributed by atoms with van der Waals surface area (Å²) in [6.07, 6.45) is 5.35. The molecule has 1 saturated carbocycles. The van der Waals surface area contributed by atoms with Gasteiger partial charge in [0.05, 0.1) is 0 Å². The van der Waals surface area contributed by atoms with Gasteiger partial charge in [0.15, 0.2) is 0 Å². The highest BCUT2D eigenvalue weighted by Gasteiger charge is 2.32. The summed E-state index contributed by atoms with van der Waals surface area (Å²) in [5, 5.41) is 3.22. The fourth-order valence-electron chi connectivity index (χ4n) is 2.49. The molecule has 0 unspecified atom stereocenters. The van der Waals surface area contributed by atoms with Crippen LogP contribution in [0.15, 0.2) is 12.1 Å². The van der Waals surface area contributed by atoms with Crippen molar-refractivity contribution in [2.24, 2.45) is 0 Å². The van der Waals surface area contributed by atoms with Crippen LogP contribution in [0.25, 0.3) is 0 Å². The Morgan fingerprint density at radius 2 is 2.10 bits per heavy atom. The molecule has 0 atom stereocenters. The van der Waals surface area contributed by atoms with E-state index in [1.165, 1.54) is 0 Å². The summed E-state index contributed by atoms with van der Waals surface area (Å²) in [5.41, 5.74) is 1.75. The first-order valence-corrected chi connectivity index (χ1v) is 8.25. The number of aromatic nitrogens is 1. The first-order valence-electron chi connectivity index (χ1n) is 8.25. The van der Waals surface area contributed by atoms with E-state index in [4.69, 9.17) is 0 Å². The molecule has 0 radical (unpaired) electrons. The Bertz CT molecular complexity index is 483. The minimum Gasteiger partial charge on any atom is -0.370 e. The molecule has 1 aromatic heterocycles. The lowest BCUT2D eigenvalue weighted by Gasteiger charge is -2.23. The van der Waals surface area contributed by atoms with Crippen molar-refractivity contribution in [3.05, 3.63) is 23.4 Å². The lowest BCUT2D eigenvalue weighted by atomic mass is 10.1. The van der Waals surface area contributed by atoms with Gasteiger partial charge >= 0.3 is 0 Å². The smallest absolute Gasteiger partial charge is 0.254 e. The van der Waals surface area contributed by atoms with Crippen molar-refractivity contribution in [1.29, 1.82) is 0 Å². The number of nitrogens with zero attached hydrogens (tertiary/aromatic N) is 2. The number of pyridine rings is 1. The number of aryl methyl sites for hydroxylation is 1. The van der Waals surface area contributed by atoms with Crippen LogP contribution >= 0.6 is 0 Å². The quantitative estimate of drug-likeness (QED) is 0.797. The maximum atomic E-state index is 12.8. The molecule has 1 fully saturated rings.